The van der Waals surface area contributed by atoms with Crippen LogP contribution in [-0.2, 0) is 0 Å². The number of anilines is 3. The molecular weight excluding hydrogens is 567 g/mol. The summed E-state index contributed by atoms with van der Waals surface area (Å²) in [7, 11) is 0. The lowest BCUT2D eigenvalue weighted by atomic mass is 9.95. The standard InChI is InChI=1S/C46H33N/c1-4-16-34(17-5-1)39-30-40(35-18-6-2-7-19-35)33-42(32-39)47(46-29-13-12-27-45(46)37-20-8-3-9-21-37)41-25-14-24-38(31-41)44-28-15-23-36-22-10-11-26-43(36)44/h1-33H. The second kappa shape index (κ2) is 12.7. The Morgan fingerprint density at radius 2 is 0.766 bits per heavy atom. The molecule has 0 spiro atoms. The van der Waals surface area contributed by atoms with Gasteiger partial charge in [0, 0.05) is 16.9 Å². The van der Waals surface area contributed by atoms with Crippen LogP contribution in [-0.4, -0.2) is 0 Å². The summed E-state index contributed by atoms with van der Waals surface area (Å²) in [6.45, 7) is 0. The van der Waals surface area contributed by atoms with Crippen LogP contribution in [0.2, 0.25) is 0 Å². The van der Waals surface area contributed by atoms with E-state index in [1.807, 2.05) is 0 Å². The molecule has 0 amide bonds. The summed E-state index contributed by atoms with van der Waals surface area (Å²) in [5, 5.41) is 2.49. The summed E-state index contributed by atoms with van der Waals surface area (Å²) in [5.74, 6) is 0. The molecule has 0 unspecified atom stereocenters. The van der Waals surface area contributed by atoms with Gasteiger partial charge in [-0.15, -0.1) is 0 Å². The Balaban J connectivity index is 1.39. The van der Waals surface area contributed by atoms with Crippen molar-refractivity contribution in [3.63, 3.8) is 0 Å². The van der Waals surface area contributed by atoms with Gasteiger partial charge in [-0.2, -0.15) is 0 Å². The normalized spacial score (nSPS) is 11.0. The van der Waals surface area contributed by atoms with Crippen molar-refractivity contribution >= 4 is 27.8 Å². The van der Waals surface area contributed by atoms with Gasteiger partial charge in [0.2, 0.25) is 0 Å². The van der Waals surface area contributed by atoms with E-state index in [0.29, 0.717) is 0 Å². The van der Waals surface area contributed by atoms with Gasteiger partial charge in [-0.05, 0) is 86.1 Å². The van der Waals surface area contributed by atoms with Crippen LogP contribution in [0.3, 0.4) is 0 Å². The van der Waals surface area contributed by atoms with E-state index in [1.165, 1.54) is 55.3 Å². The minimum Gasteiger partial charge on any atom is -0.310 e. The van der Waals surface area contributed by atoms with E-state index in [-0.39, 0.29) is 0 Å². The quantitative estimate of drug-likeness (QED) is 0.176. The van der Waals surface area contributed by atoms with Crippen molar-refractivity contribution in [3.05, 3.63) is 200 Å². The van der Waals surface area contributed by atoms with Gasteiger partial charge in [0.15, 0.2) is 0 Å². The van der Waals surface area contributed by atoms with Gasteiger partial charge >= 0.3 is 0 Å². The topological polar surface area (TPSA) is 3.24 Å². The van der Waals surface area contributed by atoms with Crippen molar-refractivity contribution < 1.29 is 0 Å². The fourth-order valence-corrected chi connectivity index (χ4v) is 6.58. The van der Waals surface area contributed by atoms with Crippen molar-refractivity contribution in [2.24, 2.45) is 0 Å². The van der Waals surface area contributed by atoms with Gasteiger partial charge in [-0.3, -0.25) is 0 Å². The third-order valence-corrected chi connectivity index (χ3v) is 8.82. The highest BCUT2D eigenvalue weighted by molar-refractivity contribution is 5.98. The SMILES string of the molecule is c1ccc(-c2cc(-c3ccccc3)cc(N(c3cccc(-c4cccc5ccccc45)c3)c3ccccc3-c3ccccc3)c2)cc1. The van der Waals surface area contributed by atoms with E-state index in [4.69, 9.17) is 0 Å². The summed E-state index contributed by atoms with van der Waals surface area (Å²) in [4.78, 5) is 2.43. The fraction of sp³-hybridized carbons (Fsp3) is 0. The molecule has 8 aromatic rings. The number of rotatable bonds is 7. The second-order valence-electron chi connectivity index (χ2n) is 11.8. The smallest absolute Gasteiger partial charge is 0.0540 e. The van der Waals surface area contributed by atoms with E-state index in [2.05, 4.69) is 205 Å². The molecule has 222 valence electrons. The first kappa shape index (κ1) is 28.3. The molecule has 0 saturated heterocycles. The van der Waals surface area contributed by atoms with E-state index in [1.54, 1.807) is 0 Å². The molecule has 0 aliphatic rings. The molecule has 0 heterocycles. The number of hydrogen-bond donors (Lipinski definition) is 0. The van der Waals surface area contributed by atoms with Crippen LogP contribution in [0, 0.1) is 0 Å². The molecule has 1 heteroatoms. The van der Waals surface area contributed by atoms with Crippen LogP contribution >= 0.6 is 0 Å². The second-order valence-corrected chi connectivity index (χ2v) is 11.8. The molecule has 0 aromatic heterocycles. The lowest BCUT2D eigenvalue weighted by Gasteiger charge is -2.29. The molecule has 0 radical (unpaired) electrons. The molecule has 8 rings (SSSR count). The maximum absolute atomic E-state index is 2.43. The van der Waals surface area contributed by atoms with E-state index in [9.17, 15) is 0 Å². The average molecular weight is 600 g/mol. The van der Waals surface area contributed by atoms with E-state index >= 15 is 0 Å². The van der Waals surface area contributed by atoms with E-state index < -0.39 is 0 Å². The minimum atomic E-state index is 1.10. The van der Waals surface area contributed by atoms with Gasteiger partial charge in [0.1, 0.15) is 0 Å². The number of hydrogen-bond acceptors (Lipinski definition) is 1. The first-order valence-corrected chi connectivity index (χ1v) is 16.1. The first-order chi connectivity index (χ1) is 23.3. The molecule has 8 aromatic carbocycles. The van der Waals surface area contributed by atoms with Gasteiger partial charge in [-0.1, -0.05) is 164 Å². The third-order valence-electron chi connectivity index (χ3n) is 8.82. The molecule has 0 aliphatic carbocycles. The molecular formula is C46H33N. The number of fused-ring (bicyclic) bond motifs is 1. The Morgan fingerprint density at radius 1 is 0.277 bits per heavy atom. The van der Waals surface area contributed by atoms with Crippen molar-refractivity contribution in [1.29, 1.82) is 0 Å². The molecule has 47 heavy (non-hydrogen) atoms. The van der Waals surface area contributed by atoms with Crippen molar-refractivity contribution in [1.82, 2.24) is 0 Å². The van der Waals surface area contributed by atoms with Crippen LogP contribution in [0.4, 0.5) is 17.1 Å². The Hall–Kier alpha value is -6.18. The Labute approximate surface area is 276 Å². The van der Waals surface area contributed by atoms with E-state index in [0.717, 1.165) is 17.1 Å². The highest BCUT2D eigenvalue weighted by Gasteiger charge is 2.20. The maximum Gasteiger partial charge on any atom is 0.0540 e. The summed E-state index contributed by atoms with van der Waals surface area (Å²) in [5.41, 5.74) is 12.8. The fourth-order valence-electron chi connectivity index (χ4n) is 6.58. The van der Waals surface area contributed by atoms with Crippen LogP contribution in [0.15, 0.2) is 200 Å². The first-order valence-electron chi connectivity index (χ1n) is 16.1. The third kappa shape index (κ3) is 5.72. The average Bonchev–Trinajstić information content (AvgIpc) is 3.16. The Kier molecular flexibility index (Phi) is 7.63. The summed E-state index contributed by atoms with van der Waals surface area (Å²) < 4.78 is 0. The zero-order valence-electron chi connectivity index (χ0n) is 26.0. The Bertz CT molecular complexity index is 2230. The number of para-hydroxylation sites is 1. The largest absolute Gasteiger partial charge is 0.310 e. The zero-order valence-corrected chi connectivity index (χ0v) is 26.0. The highest BCUT2D eigenvalue weighted by atomic mass is 15.1. The van der Waals surface area contributed by atoms with Gasteiger partial charge in [-0.25, -0.2) is 0 Å². The van der Waals surface area contributed by atoms with Crippen LogP contribution in [0.1, 0.15) is 0 Å². The molecule has 0 fully saturated rings. The van der Waals surface area contributed by atoms with Crippen LogP contribution < -0.4 is 4.90 Å². The predicted octanol–water partition coefficient (Wildman–Crippen LogP) is 13.0. The van der Waals surface area contributed by atoms with Crippen LogP contribution in [0.25, 0.3) is 55.3 Å². The monoisotopic (exact) mass is 599 g/mol. The Morgan fingerprint density at radius 3 is 1.47 bits per heavy atom. The lowest BCUT2D eigenvalue weighted by molar-refractivity contribution is 1.28. The molecule has 0 saturated carbocycles. The molecule has 1 nitrogen and oxygen atoms in total. The molecule has 0 aliphatic heterocycles. The number of nitrogens with zero attached hydrogens (tertiary/aromatic N) is 1. The number of benzene rings is 8. The highest BCUT2D eigenvalue weighted by Crippen LogP contribution is 2.44. The maximum atomic E-state index is 2.43. The van der Waals surface area contributed by atoms with Crippen molar-refractivity contribution in [3.8, 4) is 44.5 Å². The molecule has 0 bridgehead atoms. The summed E-state index contributed by atoms with van der Waals surface area (Å²) >= 11 is 0. The van der Waals surface area contributed by atoms with Gasteiger partial charge in [0.25, 0.3) is 0 Å². The zero-order chi connectivity index (χ0) is 31.4. The molecule has 0 atom stereocenters. The summed E-state index contributed by atoms with van der Waals surface area (Å²) in [6.07, 6.45) is 0. The summed E-state index contributed by atoms with van der Waals surface area (Å²) in [6, 6.07) is 71.9. The van der Waals surface area contributed by atoms with Crippen molar-refractivity contribution in [2.45, 2.75) is 0 Å². The van der Waals surface area contributed by atoms with Gasteiger partial charge in [0.05, 0.1) is 5.69 Å². The minimum absolute atomic E-state index is 1.10. The lowest BCUT2D eigenvalue weighted by Crippen LogP contribution is -2.12. The van der Waals surface area contributed by atoms with Crippen LogP contribution in [0.5, 0.6) is 0 Å². The van der Waals surface area contributed by atoms with Gasteiger partial charge < -0.3 is 4.90 Å². The predicted molar refractivity (Wildman–Crippen MR) is 200 cm³/mol. The molecule has 0 N–H and O–H groups in total. The van der Waals surface area contributed by atoms with Crippen molar-refractivity contribution in [2.75, 3.05) is 4.90 Å².